The predicted molar refractivity (Wildman–Crippen MR) is 74.0 cm³/mol. The van der Waals surface area contributed by atoms with E-state index in [1.54, 1.807) is 0 Å². The topological polar surface area (TPSA) is 39.1 Å². The summed E-state index contributed by atoms with van der Waals surface area (Å²) >= 11 is 3.65. The average molecular weight is 314 g/mol. The molecule has 0 unspecified atom stereocenters. The van der Waals surface area contributed by atoms with Gasteiger partial charge in [-0.2, -0.15) is 5.10 Å². The fourth-order valence-corrected chi connectivity index (χ4v) is 3.48. The maximum Gasteiger partial charge on any atom is 0.172 e. The predicted octanol–water partition coefficient (Wildman–Crippen LogP) is 2.89. The lowest BCUT2D eigenvalue weighted by atomic mass is 10.1. The molecule has 1 aliphatic carbocycles. The molecule has 2 aliphatic rings. The zero-order chi connectivity index (χ0) is 12.4. The van der Waals surface area contributed by atoms with Crippen LogP contribution in [-0.4, -0.2) is 29.0 Å². The van der Waals surface area contributed by atoms with Crippen molar-refractivity contribution < 1.29 is 4.74 Å². The monoisotopic (exact) mass is 313 g/mol. The first-order valence-corrected chi connectivity index (χ1v) is 7.74. The second-order valence-corrected chi connectivity index (χ2v) is 6.00. The molecule has 5 heteroatoms. The van der Waals surface area contributed by atoms with Crippen molar-refractivity contribution in [1.29, 1.82) is 0 Å². The van der Waals surface area contributed by atoms with E-state index in [9.17, 15) is 0 Å². The Labute approximate surface area is 116 Å². The van der Waals surface area contributed by atoms with Crippen LogP contribution in [-0.2, 0) is 0 Å². The number of rotatable bonds is 3. The lowest BCUT2D eigenvalue weighted by molar-refractivity contribution is 0.207. The fraction of sp³-hybridized carbons (Fsp3) is 0.769. The van der Waals surface area contributed by atoms with Crippen molar-refractivity contribution in [3.63, 3.8) is 0 Å². The molecule has 1 saturated heterocycles. The molecule has 0 radical (unpaired) electrons. The fourth-order valence-electron chi connectivity index (χ4n) is 2.90. The van der Waals surface area contributed by atoms with E-state index in [1.165, 1.54) is 25.7 Å². The van der Waals surface area contributed by atoms with Gasteiger partial charge in [0.2, 0.25) is 0 Å². The molecule has 1 aliphatic heterocycles. The summed E-state index contributed by atoms with van der Waals surface area (Å²) in [5, 5.41) is 7.88. The Morgan fingerprint density at radius 2 is 1.94 bits per heavy atom. The third-order valence-electron chi connectivity index (χ3n) is 3.95. The zero-order valence-corrected chi connectivity index (χ0v) is 12.2. The number of nitrogens with one attached hydrogen (secondary N) is 1. The van der Waals surface area contributed by atoms with Crippen molar-refractivity contribution in [3.05, 3.63) is 10.8 Å². The van der Waals surface area contributed by atoms with Gasteiger partial charge in [0.1, 0.15) is 4.60 Å². The van der Waals surface area contributed by atoms with Gasteiger partial charge in [0.15, 0.2) is 5.75 Å². The molecule has 3 rings (SSSR count). The van der Waals surface area contributed by atoms with E-state index >= 15 is 0 Å². The molecule has 2 fully saturated rings. The van der Waals surface area contributed by atoms with Crippen LogP contribution in [0.2, 0.25) is 0 Å². The van der Waals surface area contributed by atoms with E-state index in [1.807, 2.05) is 6.20 Å². The van der Waals surface area contributed by atoms with Gasteiger partial charge in [-0.1, -0.05) is 0 Å². The number of hydrogen-bond acceptors (Lipinski definition) is 3. The van der Waals surface area contributed by atoms with Crippen LogP contribution < -0.4 is 10.1 Å². The summed E-state index contributed by atoms with van der Waals surface area (Å²) in [7, 11) is 0. The first-order valence-electron chi connectivity index (χ1n) is 6.95. The molecule has 0 atom stereocenters. The van der Waals surface area contributed by atoms with Gasteiger partial charge in [0.25, 0.3) is 0 Å². The second kappa shape index (κ2) is 5.61. The third-order valence-corrected chi connectivity index (χ3v) is 4.71. The van der Waals surface area contributed by atoms with Crippen LogP contribution in [0.1, 0.15) is 44.6 Å². The van der Waals surface area contributed by atoms with Gasteiger partial charge in [-0.3, -0.25) is 4.68 Å². The van der Waals surface area contributed by atoms with Gasteiger partial charge in [0.05, 0.1) is 18.3 Å². The molecule has 0 aromatic carbocycles. The highest BCUT2D eigenvalue weighted by Crippen LogP contribution is 2.33. The summed E-state index contributed by atoms with van der Waals surface area (Å²) in [5.74, 6) is 0.917. The van der Waals surface area contributed by atoms with Gasteiger partial charge in [-0.25, -0.2) is 0 Å². The minimum atomic E-state index is 0.395. The van der Waals surface area contributed by atoms with Crippen LogP contribution in [0.25, 0.3) is 0 Å². The highest BCUT2D eigenvalue weighted by molar-refractivity contribution is 9.10. The Hall–Kier alpha value is -0.550. The van der Waals surface area contributed by atoms with Gasteiger partial charge in [0, 0.05) is 0 Å². The molecule has 4 nitrogen and oxygen atoms in total. The van der Waals surface area contributed by atoms with Crippen LogP contribution in [0.15, 0.2) is 10.8 Å². The molecule has 1 aromatic heterocycles. The Morgan fingerprint density at radius 1 is 1.22 bits per heavy atom. The van der Waals surface area contributed by atoms with Crippen molar-refractivity contribution in [3.8, 4) is 5.75 Å². The van der Waals surface area contributed by atoms with Crippen LogP contribution in [0.3, 0.4) is 0 Å². The Kier molecular flexibility index (Phi) is 3.89. The van der Waals surface area contributed by atoms with E-state index < -0.39 is 0 Å². The average Bonchev–Trinajstić information content (AvgIpc) is 3.03. The summed E-state index contributed by atoms with van der Waals surface area (Å²) in [4.78, 5) is 0. The largest absolute Gasteiger partial charge is 0.486 e. The van der Waals surface area contributed by atoms with E-state index in [0.29, 0.717) is 12.1 Å². The highest BCUT2D eigenvalue weighted by atomic mass is 79.9. The maximum absolute atomic E-state index is 6.03. The lowest BCUT2D eigenvalue weighted by Crippen LogP contribution is -2.30. The summed E-state index contributed by atoms with van der Waals surface area (Å²) in [6, 6.07) is 0.501. The summed E-state index contributed by atoms with van der Waals surface area (Å²) in [6.07, 6.45) is 9.51. The number of aromatic nitrogens is 2. The van der Waals surface area contributed by atoms with Crippen molar-refractivity contribution in [1.82, 2.24) is 15.1 Å². The number of piperidine rings is 1. The Balaban J connectivity index is 1.70. The molecule has 0 spiro atoms. The second-order valence-electron chi connectivity index (χ2n) is 5.25. The van der Waals surface area contributed by atoms with Crippen molar-refractivity contribution in [2.24, 2.45) is 0 Å². The van der Waals surface area contributed by atoms with E-state index in [0.717, 1.165) is 36.3 Å². The SMILES string of the molecule is Brc1c(OC2CCCC2)cnn1C1CCNCC1. The lowest BCUT2D eigenvalue weighted by Gasteiger charge is -2.23. The van der Waals surface area contributed by atoms with Crippen molar-refractivity contribution in [2.45, 2.75) is 50.7 Å². The number of ether oxygens (including phenoxy) is 1. The molecule has 1 saturated carbocycles. The number of halogens is 1. The highest BCUT2D eigenvalue weighted by Gasteiger charge is 2.23. The minimum absolute atomic E-state index is 0.395. The molecule has 0 amide bonds. The minimum Gasteiger partial charge on any atom is -0.486 e. The standard InChI is InChI=1S/C13H20BrN3O/c14-13-12(18-11-3-1-2-4-11)9-16-17(13)10-5-7-15-8-6-10/h9-11,15H,1-8H2. The summed E-state index contributed by atoms with van der Waals surface area (Å²) in [6.45, 7) is 2.16. The van der Waals surface area contributed by atoms with E-state index in [4.69, 9.17) is 4.74 Å². The van der Waals surface area contributed by atoms with Gasteiger partial charge < -0.3 is 10.1 Å². The molecular formula is C13H20BrN3O. The summed E-state index contributed by atoms with van der Waals surface area (Å²) < 4.78 is 9.14. The molecule has 1 aromatic rings. The number of nitrogens with zero attached hydrogens (tertiary/aromatic N) is 2. The van der Waals surface area contributed by atoms with Crippen LogP contribution in [0.4, 0.5) is 0 Å². The van der Waals surface area contributed by atoms with Gasteiger partial charge in [-0.05, 0) is 67.5 Å². The summed E-state index contributed by atoms with van der Waals surface area (Å²) in [5.41, 5.74) is 0. The van der Waals surface area contributed by atoms with Gasteiger partial charge in [-0.15, -0.1) is 0 Å². The molecule has 18 heavy (non-hydrogen) atoms. The molecule has 100 valence electrons. The Bertz CT molecular complexity index is 395. The first-order chi connectivity index (χ1) is 8.84. The quantitative estimate of drug-likeness (QED) is 0.932. The zero-order valence-electron chi connectivity index (χ0n) is 10.6. The van der Waals surface area contributed by atoms with Crippen LogP contribution in [0.5, 0.6) is 5.75 Å². The van der Waals surface area contributed by atoms with Crippen LogP contribution in [0, 0.1) is 0 Å². The normalized spacial score (nSPS) is 22.5. The van der Waals surface area contributed by atoms with E-state index in [-0.39, 0.29) is 0 Å². The molecular weight excluding hydrogens is 294 g/mol. The Morgan fingerprint density at radius 3 is 2.67 bits per heavy atom. The van der Waals surface area contributed by atoms with Crippen molar-refractivity contribution >= 4 is 15.9 Å². The smallest absolute Gasteiger partial charge is 0.172 e. The van der Waals surface area contributed by atoms with Crippen molar-refractivity contribution in [2.75, 3.05) is 13.1 Å². The maximum atomic E-state index is 6.03. The van der Waals surface area contributed by atoms with E-state index in [2.05, 4.69) is 31.0 Å². The van der Waals surface area contributed by atoms with Crippen LogP contribution >= 0.6 is 15.9 Å². The first kappa shape index (κ1) is 12.5. The molecule has 2 heterocycles. The number of hydrogen-bond donors (Lipinski definition) is 1. The molecule has 0 bridgehead atoms. The van der Waals surface area contributed by atoms with Gasteiger partial charge >= 0.3 is 0 Å². The molecule has 1 N–H and O–H groups in total. The third kappa shape index (κ3) is 2.57.